The van der Waals surface area contributed by atoms with E-state index in [-0.39, 0.29) is 23.3 Å². The number of nitrogen functional groups attached to an aromatic ring is 1. The molecule has 2 atom stereocenters. The van der Waals surface area contributed by atoms with Crippen LogP contribution in [0.25, 0.3) is 0 Å². The number of carbonyl (C=O) groups is 2. The number of anilines is 2. The fourth-order valence-electron chi connectivity index (χ4n) is 3.41. The van der Waals surface area contributed by atoms with Crippen LogP contribution in [0.2, 0.25) is 0 Å². The topological polar surface area (TPSA) is 96.5 Å². The van der Waals surface area contributed by atoms with E-state index in [9.17, 15) is 14.0 Å². The number of amides is 1. The smallest absolute Gasteiger partial charge is 0.335 e. The van der Waals surface area contributed by atoms with Crippen LogP contribution >= 0.6 is 0 Å². The van der Waals surface area contributed by atoms with Crippen molar-refractivity contribution in [3.05, 3.63) is 53.5 Å². The third-order valence-corrected chi connectivity index (χ3v) is 4.62. The fraction of sp³-hybridized carbons (Fsp3) is 0.350. The molecule has 144 valence electrons. The molecule has 2 heterocycles. The van der Waals surface area contributed by atoms with Crippen molar-refractivity contribution in [1.82, 2.24) is 4.98 Å². The Kier molecular flexibility index (Phi) is 6.50. The Morgan fingerprint density at radius 3 is 2.52 bits per heavy atom. The second-order valence-corrected chi connectivity index (χ2v) is 6.60. The van der Waals surface area contributed by atoms with E-state index in [1.807, 2.05) is 4.90 Å². The second-order valence-electron chi connectivity index (χ2n) is 6.60. The summed E-state index contributed by atoms with van der Waals surface area (Å²) in [6.45, 7) is 5.75. The van der Waals surface area contributed by atoms with Gasteiger partial charge in [-0.25, -0.2) is 14.2 Å². The number of hydrogen-bond acceptors (Lipinski definition) is 4. The highest BCUT2D eigenvalue weighted by Gasteiger charge is 2.33. The van der Waals surface area contributed by atoms with Gasteiger partial charge in [0, 0.05) is 18.7 Å². The first kappa shape index (κ1) is 20.4. The van der Waals surface area contributed by atoms with Gasteiger partial charge < -0.3 is 15.7 Å². The van der Waals surface area contributed by atoms with Crippen molar-refractivity contribution in [2.24, 2.45) is 5.92 Å². The molecule has 0 bridgehead atoms. The monoisotopic (exact) mass is 373 g/mol. The number of carboxylic acids is 1. The van der Waals surface area contributed by atoms with Crippen LogP contribution in [0.4, 0.5) is 15.9 Å². The number of nitrogens with two attached hydrogens (primary N) is 1. The molecule has 0 saturated carbocycles. The van der Waals surface area contributed by atoms with E-state index in [1.165, 1.54) is 12.1 Å². The highest BCUT2D eigenvalue weighted by atomic mass is 19.1. The van der Waals surface area contributed by atoms with E-state index in [4.69, 9.17) is 10.8 Å². The summed E-state index contributed by atoms with van der Waals surface area (Å²) in [6.07, 6.45) is 2.80. The van der Waals surface area contributed by atoms with Crippen molar-refractivity contribution in [2.45, 2.75) is 39.7 Å². The van der Waals surface area contributed by atoms with Gasteiger partial charge in [-0.3, -0.25) is 4.79 Å². The Morgan fingerprint density at radius 2 is 2.04 bits per heavy atom. The van der Waals surface area contributed by atoms with Gasteiger partial charge in [-0.05, 0) is 54.7 Å². The maximum atomic E-state index is 12.0. The number of aromatic carboxylic acids is 1. The molecule has 1 amide bonds. The van der Waals surface area contributed by atoms with Crippen LogP contribution in [0, 0.1) is 11.7 Å². The first-order valence-corrected chi connectivity index (χ1v) is 8.77. The van der Waals surface area contributed by atoms with Gasteiger partial charge in [0.2, 0.25) is 5.91 Å². The van der Waals surface area contributed by atoms with Gasteiger partial charge in [-0.15, -0.1) is 0 Å². The Bertz CT molecular complexity index is 803. The normalized spacial score (nSPS) is 18.1. The number of halogens is 1. The molecule has 1 aliphatic rings. The lowest BCUT2D eigenvalue weighted by Crippen LogP contribution is -2.46. The van der Waals surface area contributed by atoms with Crippen molar-refractivity contribution in [3.8, 4) is 0 Å². The van der Waals surface area contributed by atoms with Crippen LogP contribution in [-0.4, -0.2) is 28.0 Å². The molecule has 3 rings (SSSR count). The van der Waals surface area contributed by atoms with Gasteiger partial charge in [0.05, 0.1) is 11.8 Å². The molecule has 0 radical (unpaired) electrons. The summed E-state index contributed by atoms with van der Waals surface area (Å²) in [7, 11) is 0. The molecule has 0 aliphatic carbocycles. The summed E-state index contributed by atoms with van der Waals surface area (Å²) in [6, 6.07) is 7.89. The van der Waals surface area contributed by atoms with Gasteiger partial charge in [0.25, 0.3) is 0 Å². The number of hydrogen-bond donors (Lipinski definition) is 2. The minimum atomic E-state index is -0.928. The maximum Gasteiger partial charge on any atom is 0.335 e. The highest BCUT2D eigenvalue weighted by molar-refractivity contribution is 5.95. The van der Waals surface area contributed by atoms with Gasteiger partial charge in [-0.2, -0.15) is 0 Å². The van der Waals surface area contributed by atoms with Crippen molar-refractivity contribution < 1.29 is 19.1 Å². The summed E-state index contributed by atoms with van der Waals surface area (Å²) in [5, 5.41) is 9.04. The molecular formula is C20H24FN3O3. The fourth-order valence-corrected chi connectivity index (χ4v) is 3.41. The SMILES string of the molecule is CC[C@H]1C(C)Cc2cc(C(=O)O)ccc2N1C(C)=O.Nc1ccc(F)cn1. The van der Waals surface area contributed by atoms with E-state index in [1.54, 1.807) is 25.1 Å². The second kappa shape index (κ2) is 8.62. The molecule has 0 fully saturated rings. The lowest BCUT2D eigenvalue weighted by atomic mass is 9.85. The van der Waals surface area contributed by atoms with E-state index >= 15 is 0 Å². The lowest BCUT2D eigenvalue weighted by molar-refractivity contribution is -0.117. The summed E-state index contributed by atoms with van der Waals surface area (Å²) < 4.78 is 12.0. The van der Waals surface area contributed by atoms with Crippen LogP contribution in [-0.2, 0) is 11.2 Å². The minimum absolute atomic E-state index is 0.0164. The first-order valence-electron chi connectivity index (χ1n) is 8.77. The molecule has 2 aromatic rings. The van der Waals surface area contributed by atoms with Crippen molar-refractivity contribution in [1.29, 1.82) is 0 Å². The Labute approximate surface area is 157 Å². The Morgan fingerprint density at radius 1 is 1.33 bits per heavy atom. The molecule has 7 heteroatoms. The van der Waals surface area contributed by atoms with Crippen LogP contribution < -0.4 is 10.6 Å². The molecule has 0 saturated heterocycles. The summed E-state index contributed by atoms with van der Waals surface area (Å²) >= 11 is 0. The zero-order valence-electron chi connectivity index (χ0n) is 15.6. The lowest BCUT2D eigenvalue weighted by Gasteiger charge is -2.40. The van der Waals surface area contributed by atoms with E-state index in [0.29, 0.717) is 11.7 Å². The zero-order chi connectivity index (χ0) is 20.1. The predicted molar refractivity (Wildman–Crippen MR) is 102 cm³/mol. The molecular weight excluding hydrogens is 349 g/mol. The molecule has 1 unspecified atom stereocenters. The molecule has 27 heavy (non-hydrogen) atoms. The number of carbonyl (C=O) groups excluding carboxylic acids is 1. The van der Waals surface area contributed by atoms with Crippen LogP contribution in [0.1, 0.15) is 43.1 Å². The van der Waals surface area contributed by atoms with Crippen LogP contribution in [0.15, 0.2) is 36.5 Å². The molecule has 1 aliphatic heterocycles. The van der Waals surface area contributed by atoms with Crippen molar-refractivity contribution >= 4 is 23.4 Å². The van der Waals surface area contributed by atoms with E-state index in [0.717, 1.165) is 30.3 Å². The third-order valence-electron chi connectivity index (χ3n) is 4.62. The zero-order valence-corrected chi connectivity index (χ0v) is 15.6. The minimum Gasteiger partial charge on any atom is -0.478 e. The van der Waals surface area contributed by atoms with Gasteiger partial charge in [-0.1, -0.05) is 13.8 Å². The number of aromatic nitrogens is 1. The molecule has 1 aromatic carbocycles. The van der Waals surface area contributed by atoms with Gasteiger partial charge in [0.15, 0.2) is 0 Å². The number of fused-ring (bicyclic) bond motifs is 1. The molecule has 3 N–H and O–H groups in total. The summed E-state index contributed by atoms with van der Waals surface area (Å²) in [5.41, 5.74) is 7.25. The van der Waals surface area contributed by atoms with E-state index in [2.05, 4.69) is 18.8 Å². The van der Waals surface area contributed by atoms with Crippen LogP contribution in [0.5, 0.6) is 0 Å². The first-order chi connectivity index (χ1) is 12.7. The predicted octanol–water partition coefficient (Wildman–Crippen LogP) is 3.51. The van der Waals surface area contributed by atoms with Crippen LogP contribution in [0.3, 0.4) is 0 Å². The number of benzene rings is 1. The molecule has 0 spiro atoms. The quantitative estimate of drug-likeness (QED) is 0.840. The standard InChI is InChI=1S/C15H19NO3.C5H5FN2/c1-4-13-9(2)7-12-8-11(15(18)19)5-6-14(12)16(13)10(3)17;6-4-1-2-5(7)8-3-4/h5-6,8-9,13H,4,7H2,1-3H3,(H,18,19);1-3H,(H2,7,8)/t9?,13-;/m0./s1. The summed E-state index contributed by atoms with van der Waals surface area (Å²) in [4.78, 5) is 28.2. The number of nitrogens with zero attached hydrogens (tertiary/aromatic N) is 2. The number of carboxylic acid groups (broad SMARTS) is 1. The third kappa shape index (κ3) is 4.81. The Balaban J connectivity index is 0.000000273. The average Bonchev–Trinajstić information content (AvgIpc) is 2.62. The number of pyridine rings is 1. The summed E-state index contributed by atoms with van der Waals surface area (Å²) in [5.74, 6) is -0.596. The van der Waals surface area contributed by atoms with Gasteiger partial charge in [0.1, 0.15) is 11.6 Å². The van der Waals surface area contributed by atoms with Crippen molar-refractivity contribution in [3.63, 3.8) is 0 Å². The van der Waals surface area contributed by atoms with E-state index < -0.39 is 5.97 Å². The largest absolute Gasteiger partial charge is 0.478 e. The number of rotatable bonds is 2. The molecule has 1 aromatic heterocycles. The van der Waals surface area contributed by atoms with Gasteiger partial charge >= 0.3 is 5.97 Å². The van der Waals surface area contributed by atoms with Crippen molar-refractivity contribution in [2.75, 3.05) is 10.6 Å². The molecule has 6 nitrogen and oxygen atoms in total. The Hall–Kier alpha value is -2.96. The average molecular weight is 373 g/mol. The maximum absolute atomic E-state index is 12.0. The highest BCUT2D eigenvalue weighted by Crippen LogP contribution is 2.35.